The van der Waals surface area contributed by atoms with Gasteiger partial charge in [0, 0.05) is 63.6 Å². The Hall–Kier alpha value is -1.67. The number of likely N-dealkylation sites (N-methyl/N-ethyl adjacent to an activating group) is 2. The lowest BCUT2D eigenvalue weighted by Crippen LogP contribution is -2.60. The van der Waals surface area contributed by atoms with Gasteiger partial charge < -0.3 is 38.8 Å². The van der Waals surface area contributed by atoms with E-state index in [-0.39, 0.29) is 48.3 Å². The number of Topliss-reactive ketones (excluding diaryl/α,β-unsaturated/α-hetero) is 1. The maximum atomic E-state index is 14.2. The van der Waals surface area contributed by atoms with E-state index in [4.69, 9.17) is 18.9 Å². The molecule has 266 valence electrons. The molecule has 0 aliphatic carbocycles. The molecule has 3 aliphatic heterocycles. The van der Waals surface area contributed by atoms with Crippen LogP contribution in [0.15, 0.2) is 0 Å². The Bertz CT molecular complexity index is 1050. The van der Waals surface area contributed by atoms with Crippen molar-refractivity contribution in [1.82, 2.24) is 19.6 Å². The van der Waals surface area contributed by atoms with Crippen LogP contribution in [0, 0.1) is 23.2 Å². The molecule has 0 spiro atoms. The Morgan fingerprint density at radius 3 is 2.26 bits per heavy atom. The number of aliphatic hydroxyl groups excluding tert-OH is 1. The van der Waals surface area contributed by atoms with Crippen molar-refractivity contribution >= 4 is 17.7 Å². The molecule has 1 amide bonds. The van der Waals surface area contributed by atoms with Crippen molar-refractivity contribution in [3.63, 3.8) is 0 Å². The molecule has 12 heteroatoms. The van der Waals surface area contributed by atoms with Gasteiger partial charge >= 0.3 is 5.97 Å². The lowest BCUT2D eigenvalue weighted by molar-refractivity contribution is -0.295. The molecule has 0 radical (unpaired) electrons. The van der Waals surface area contributed by atoms with Gasteiger partial charge in [-0.3, -0.25) is 19.3 Å². The molecule has 9 atom stereocenters. The van der Waals surface area contributed by atoms with Crippen LogP contribution in [0.2, 0.25) is 0 Å². The second-order valence-electron chi connectivity index (χ2n) is 15.5. The number of hydrogen-bond acceptors (Lipinski definition) is 11. The Morgan fingerprint density at radius 2 is 1.70 bits per heavy atom. The molecule has 0 bridgehead atoms. The molecule has 46 heavy (non-hydrogen) atoms. The van der Waals surface area contributed by atoms with Gasteiger partial charge in [0.2, 0.25) is 5.91 Å². The van der Waals surface area contributed by atoms with E-state index >= 15 is 0 Å². The molecule has 12 nitrogen and oxygen atoms in total. The van der Waals surface area contributed by atoms with Gasteiger partial charge in [-0.15, -0.1) is 0 Å². The van der Waals surface area contributed by atoms with Gasteiger partial charge in [-0.25, -0.2) is 0 Å². The zero-order valence-electron chi connectivity index (χ0n) is 30.4. The molecule has 0 aromatic heterocycles. The highest BCUT2D eigenvalue weighted by atomic mass is 16.7. The molecule has 3 heterocycles. The molecule has 1 N–H and O–H groups in total. The zero-order chi connectivity index (χ0) is 34.7. The molecule has 1 unspecified atom stereocenters. The summed E-state index contributed by atoms with van der Waals surface area (Å²) < 4.78 is 24.9. The number of ketones is 1. The number of esters is 1. The van der Waals surface area contributed by atoms with Crippen LogP contribution < -0.4 is 0 Å². The first-order valence-electron chi connectivity index (χ1n) is 16.9. The first kappa shape index (κ1) is 38.8. The van der Waals surface area contributed by atoms with Crippen molar-refractivity contribution in [2.24, 2.45) is 23.2 Å². The number of likely N-dealkylation sites (tertiary alicyclic amines) is 1. The first-order valence-corrected chi connectivity index (χ1v) is 16.9. The van der Waals surface area contributed by atoms with Crippen LogP contribution in [0.5, 0.6) is 0 Å². The summed E-state index contributed by atoms with van der Waals surface area (Å²) in [5, 5.41) is 11.3. The minimum atomic E-state index is -1.46. The van der Waals surface area contributed by atoms with E-state index in [1.165, 1.54) is 0 Å². The number of ether oxygens (including phenoxy) is 4. The van der Waals surface area contributed by atoms with E-state index in [1.807, 2.05) is 63.8 Å². The predicted molar refractivity (Wildman–Crippen MR) is 175 cm³/mol. The molecular weight excluding hydrogens is 592 g/mol. The van der Waals surface area contributed by atoms with Crippen molar-refractivity contribution in [2.45, 2.75) is 103 Å². The Morgan fingerprint density at radius 1 is 1.07 bits per heavy atom. The summed E-state index contributed by atoms with van der Waals surface area (Å²) in [6, 6.07) is -0.311. The SMILES string of the molecule is CO[C@]1(C)C[C@@H](C)CN(C)C(C2CN(C(=O)CCN(C)C)C2)COC(=O)C(C)(C)C(=O)[C@H](C)[C@H]1O[C@@H]1O[C@H](C)C[C@H](N(C)C)[C@H]1O. The van der Waals surface area contributed by atoms with Crippen LogP contribution in [0.1, 0.15) is 60.8 Å². The Labute approximate surface area is 277 Å². The number of methoxy groups -OCH3 is 1. The van der Waals surface area contributed by atoms with Crippen molar-refractivity contribution in [1.29, 1.82) is 0 Å². The molecule has 0 aromatic carbocycles. The van der Waals surface area contributed by atoms with E-state index in [9.17, 15) is 19.5 Å². The second-order valence-corrected chi connectivity index (χ2v) is 15.5. The Balaban J connectivity index is 1.90. The van der Waals surface area contributed by atoms with Gasteiger partial charge in [0.25, 0.3) is 0 Å². The highest BCUT2D eigenvalue weighted by Gasteiger charge is 2.52. The summed E-state index contributed by atoms with van der Waals surface area (Å²) in [4.78, 5) is 48.6. The number of amides is 1. The second kappa shape index (κ2) is 15.7. The van der Waals surface area contributed by atoms with Crippen LogP contribution in [0.4, 0.5) is 0 Å². The van der Waals surface area contributed by atoms with Gasteiger partial charge in [0.05, 0.1) is 17.8 Å². The predicted octanol–water partition coefficient (Wildman–Crippen LogP) is 1.73. The van der Waals surface area contributed by atoms with E-state index < -0.39 is 41.4 Å². The third-order valence-electron chi connectivity index (χ3n) is 10.5. The van der Waals surface area contributed by atoms with E-state index in [0.717, 1.165) is 0 Å². The summed E-state index contributed by atoms with van der Waals surface area (Å²) in [6.07, 6.45) is -1.27. The minimum Gasteiger partial charge on any atom is -0.463 e. The van der Waals surface area contributed by atoms with Crippen molar-refractivity contribution in [3.8, 4) is 0 Å². The van der Waals surface area contributed by atoms with Gasteiger partial charge in [-0.2, -0.15) is 0 Å². The fourth-order valence-electron chi connectivity index (χ4n) is 7.50. The molecule has 3 fully saturated rings. The summed E-state index contributed by atoms with van der Waals surface area (Å²) in [5.74, 6) is -1.35. The summed E-state index contributed by atoms with van der Waals surface area (Å²) >= 11 is 0. The van der Waals surface area contributed by atoms with Gasteiger partial charge in [-0.1, -0.05) is 13.8 Å². The average Bonchev–Trinajstić information content (AvgIpc) is 2.95. The van der Waals surface area contributed by atoms with E-state index in [0.29, 0.717) is 45.4 Å². The number of aliphatic hydroxyl groups is 1. The standard InChI is InChI=1S/C34H62N4O8/c1-21-16-34(6,43-12)30(46-31-28(40)25(36(9)10)15-22(2)45-31)23(3)29(41)33(4,5)32(42)44-20-26(37(11)17-21)24-18-38(19-24)27(39)13-14-35(7)8/h21-26,28,30-31,40H,13-20H2,1-12H3/t21-,22-,23+,25+,26?,28-,30-,31+,34-/m1/s1. The summed E-state index contributed by atoms with van der Waals surface area (Å²) in [5.41, 5.74) is -2.42. The first-order chi connectivity index (χ1) is 21.3. The van der Waals surface area contributed by atoms with Crippen LogP contribution in [0.3, 0.4) is 0 Å². The number of rotatable bonds is 8. The lowest BCUT2D eigenvalue weighted by atomic mass is 9.74. The molecule has 3 saturated heterocycles. The zero-order valence-corrected chi connectivity index (χ0v) is 30.4. The maximum Gasteiger partial charge on any atom is 0.319 e. The third kappa shape index (κ3) is 8.86. The van der Waals surface area contributed by atoms with Gasteiger partial charge in [-0.05, 0) is 81.7 Å². The van der Waals surface area contributed by atoms with Crippen LogP contribution >= 0.6 is 0 Å². The van der Waals surface area contributed by atoms with Crippen molar-refractivity contribution < 1.29 is 38.4 Å². The number of carbonyl (C=O) groups is 3. The third-order valence-corrected chi connectivity index (χ3v) is 10.5. The molecule has 0 aromatic rings. The average molecular weight is 655 g/mol. The van der Waals surface area contributed by atoms with Gasteiger partial charge in [0.15, 0.2) is 12.1 Å². The van der Waals surface area contributed by atoms with E-state index in [1.54, 1.807) is 27.9 Å². The Kier molecular flexibility index (Phi) is 13.2. The quantitative estimate of drug-likeness (QED) is 0.304. The van der Waals surface area contributed by atoms with Crippen LogP contribution in [-0.4, -0.2) is 160 Å². The monoisotopic (exact) mass is 654 g/mol. The molecular formula is C34H62N4O8. The topological polar surface area (TPSA) is 121 Å². The van der Waals surface area contributed by atoms with Gasteiger partial charge in [0.1, 0.15) is 18.1 Å². The highest BCUT2D eigenvalue weighted by molar-refractivity contribution is 6.04. The number of hydrogen-bond donors (Lipinski definition) is 1. The molecule has 3 aliphatic rings. The number of carbonyl (C=O) groups excluding carboxylic acids is 3. The highest BCUT2D eigenvalue weighted by Crippen LogP contribution is 2.38. The largest absolute Gasteiger partial charge is 0.463 e. The smallest absolute Gasteiger partial charge is 0.319 e. The minimum absolute atomic E-state index is 0.0962. The number of nitrogens with zero attached hydrogens (tertiary/aromatic N) is 4. The molecule has 3 rings (SSSR count). The maximum absolute atomic E-state index is 14.2. The lowest BCUT2D eigenvalue weighted by Gasteiger charge is -2.47. The van der Waals surface area contributed by atoms with Crippen LogP contribution in [-0.2, 0) is 33.3 Å². The fraction of sp³-hybridized carbons (Fsp3) is 0.912. The number of cyclic esters (lactones) is 1. The van der Waals surface area contributed by atoms with Crippen molar-refractivity contribution in [2.75, 3.05) is 75.1 Å². The van der Waals surface area contributed by atoms with Crippen LogP contribution in [0.25, 0.3) is 0 Å². The van der Waals surface area contributed by atoms with E-state index in [2.05, 4.69) is 11.8 Å². The van der Waals surface area contributed by atoms with Crippen molar-refractivity contribution in [3.05, 3.63) is 0 Å². The fourth-order valence-corrected chi connectivity index (χ4v) is 7.50. The normalized spacial score (nSPS) is 37.3. The molecule has 0 saturated carbocycles. The summed E-state index contributed by atoms with van der Waals surface area (Å²) in [7, 11) is 11.4. The summed E-state index contributed by atoms with van der Waals surface area (Å²) in [6.45, 7) is 13.7.